The Morgan fingerprint density at radius 1 is 0.931 bits per heavy atom. The molecule has 1 N–H and O–H groups in total. The highest BCUT2D eigenvalue weighted by molar-refractivity contribution is 6.23. The molecule has 0 unspecified atom stereocenters. The Kier molecular flexibility index (Phi) is 3.82. The molecule has 2 aromatic carbocycles. The van der Waals surface area contributed by atoms with Gasteiger partial charge in [0.25, 0.3) is 0 Å². The molecule has 0 aromatic heterocycles. The van der Waals surface area contributed by atoms with Crippen LogP contribution in [0.5, 0.6) is 5.75 Å². The largest absolute Gasteiger partial charge is 0.497 e. The van der Waals surface area contributed by atoms with Gasteiger partial charge in [0.1, 0.15) is 5.75 Å². The van der Waals surface area contributed by atoms with Crippen molar-refractivity contribution in [2.75, 3.05) is 7.11 Å². The van der Waals surface area contributed by atoms with Gasteiger partial charge in [-0.25, -0.2) is 0 Å². The first-order chi connectivity index (χ1) is 13.9. The standard InChI is InChI=1S/C25H23NO3/c1-25(2)12-18-21(19(27)13-25)20(14-8-10-15(29-3)11-9-14)22-23(26-18)16-6-4-5-7-17(16)24(22)28/h4-11,20,26H,12-13H2,1-3H3/t20-/m1/s1. The molecular formula is C25H23NO3. The van der Waals surface area contributed by atoms with Crippen LogP contribution in [-0.2, 0) is 4.79 Å². The van der Waals surface area contributed by atoms with Crippen LogP contribution in [0.25, 0.3) is 5.70 Å². The molecule has 3 aliphatic rings. The van der Waals surface area contributed by atoms with E-state index in [9.17, 15) is 9.59 Å². The third kappa shape index (κ3) is 2.66. The van der Waals surface area contributed by atoms with Gasteiger partial charge in [-0.2, -0.15) is 0 Å². The van der Waals surface area contributed by atoms with Gasteiger partial charge in [-0.3, -0.25) is 9.59 Å². The van der Waals surface area contributed by atoms with Gasteiger partial charge in [-0.1, -0.05) is 50.2 Å². The van der Waals surface area contributed by atoms with E-state index in [1.165, 1.54) is 0 Å². The number of dihydropyridines is 1. The van der Waals surface area contributed by atoms with Crippen molar-refractivity contribution in [2.45, 2.75) is 32.6 Å². The first kappa shape index (κ1) is 17.9. The summed E-state index contributed by atoms with van der Waals surface area (Å²) in [7, 11) is 1.63. The number of rotatable bonds is 2. The highest BCUT2D eigenvalue weighted by Crippen LogP contribution is 2.51. The topological polar surface area (TPSA) is 55.4 Å². The molecule has 5 rings (SSSR count). The molecule has 0 radical (unpaired) electrons. The number of carbonyl (C=O) groups is 2. The summed E-state index contributed by atoms with van der Waals surface area (Å²) in [5, 5.41) is 3.51. The molecule has 0 fully saturated rings. The second kappa shape index (κ2) is 6.18. The van der Waals surface area contributed by atoms with E-state index in [1.807, 2.05) is 48.5 Å². The van der Waals surface area contributed by atoms with E-state index in [4.69, 9.17) is 4.74 Å². The Morgan fingerprint density at radius 3 is 2.31 bits per heavy atom. The lowest BCUT2D eigenvalue weighted by Crippen LogP contribution is -2.37. The van der Waals surface area contributed by atoms with Crippen molar-refractivity contribution >= 4 is 17.3 Å². The van der Waals surface area contributed by atoms with Crippen LogP contribution in [0.15, 0.2) is 65.4 Å². The van der Waals surface area contributed by atoms with Crippen LogP contribution in [0.3, 0.4) is 0 Å². The zero-order chi connectivity index (χ0) is 20.3. The third-order valence-electron chi connectivity index (χ3n) is 6.18. The summed E-state index contributed by atoms with van der Waals surface area (Å²) in [6, 6.07) is 15.4. The first-order valence-electron chi connectivity index (χ1n) is 9.95. The van der Waals surface area contributed by atoms with E-state index in [0.717, 1.165) is 40.3 Å². The number of benzene rings is 2. The fourth-order valence-electron chi connectivity index (χ4n) is 4.92. The number of Topliss-reactive ketones (excluding diaryl/α,β-unsaturated/α-hetero) is 2. The zero-order valence-corrected chi connectivity index (χ0v) is 16.8. The number of methoxy groups -OCH3 is 1. The lowest BCUT2D eigenvalue weighted by molar-refractivity contribution is -0.118. The van der Waals surface area contributed by atoms with Gasteiger partial charge < -0.3 is 10.1 Å². The highest BCUT2D eigenvalue weighted by Gasteiger charge is 2.46. The maximum atomic E-state index is 13.4. The molecule has 1 aliphatic heterocycles. The van der Waals surface area contributed by atoms with Crippen LogP contribution >= 0.6 is 0 Å². The molecule has 4 nitrogen and oxygen atoms in total. The molecule has 29 heavy (non-hydrogen) atoms. The molecule has 0 amide bonds. The average molecular weight is 385 g/mol. The lowest BCUT2D eigenvalue weighted by atomic mass is 9.68. The van der Waals surface area contributed by atoms with Gasteiger partial charge in [0.05, 0.1) is 12.8 Å². The Labute approximate surface area is 170 Å². The van der Waals surface area contributed by atoms with Crippen molar-refractivity contribution in [2.24, 2.45) is 5.41 Å². The summed E-state index contributed by atoms with van der Waals surface area (Å²) in [4.78, 5) is 26.7. The molecule has 2 aromatic rings. The van der Waals surface area contributed by atoms with E-state index in [-0.39, 0.29) is 22.9 Å². The summed E-state index contributed by atoms with van der Waals surface area (Å²) >= 11 is 0. The minimum Gasteiger partial charge on any atom is -0.497 e. The molecule has 146 valence electrons. The van der Waals surface area contributed by atoms with E-state index in [0.29, 0.717) is 17.6 Å². The van der Waals surface area contributed by atoms with E-state index < -0.39 is 0 Å². The van der Waals surface area contributed by atoms with Crippen LogP contribution in [0.1, 0.15) is 54.1 Å². The predicted molar refractivity (Wildman–Crippen MR) is 112 cm³/mol. The Bertz CT molecular complexity index is 1120. The summed E-state index contributed by atoms with van der Waals surface area (Å²) in [5.41, 5.74) is 5.71. The number of ether oxygens (including phenoxy) is 1. The minimum atomic E-state index is -0.351. The normalized spacial score (nSPS) is 22.1. The number of allylic oxidation sites excluding steroid dienone is 3. The number of nitrogens with one attached hydrogen (secondary N) is 1. The highest BCUT2D eigenvalue weighted by atomic mass is 16.5. The lowest BCUT2D eigenvalue weighted by Gasteiger charge is -2.39. The van der Waals surface area contributed by atoms with Crippen molar-refractivity contribution in [1.29, 1.82) is 0 Å². The van der Waals surface area contributed by atoms with Gasteiger partial charge in [0.15, 0.2) is 11.6 Å². The molecule has 4 heteroatoms. The van der Waals surface area contributed by atoms with Crippen molar-refractivity contribution in [3.05, 3.63) is 82.1 Å². The first-order valence-corrected chi connectivity index (χ1v) is 9.95. The van der Waals surface area contributed by atoms with Crippen molar-refractivity contribution < 1.29 is 14.3 Å². The van der Waals surface area contributed by atoms with Gasteiger partial charge in [0.2, 0.25) is 0 Å². The molecule has 1 heterocycles. The monoisotopic (exact) mass is 385 g/mol. The van der Waals surface area contributed by atoms with Crippen molar-refractivity contribution in [1.82, 2.24) is 5.32 Å². The van der Waals surface area contributed by atoms with Crippen molar-refractivity contribution in [3.63, 3.8) is 0 Å². The Morgan fingerprint density at radius 2 is 1.62 bits per heavy atom. The van der Waals surface area contributed by atoms with E-state index in [1.54, 1.807) is 7.11 Å². The fraction of sp³-hybridized carbons (Fsp3) is 0.280. The predicted octanol–water partition coefficient (Wildman–Crippen LogP) is 4.63. The summed E-state index contributed by atoms with van der Waals surface area (Å²) in [6.07, 6.45) is 1.28. The fourth-order valence-corrected chi connectivity index (χ4v) is 4.92. The Hall–Kier alpha value is -3.14. The molecule has 0 spiro atoms. The Balaban J connectivity index is 1.73. The molecule has 2 aliphatic carbocycles. The number of hydrogen-bond acceptors (Lipinski definition) is 4. The smallest absolute Gasteiger partial charge is 0.192 e. The molecule has 0 saturated heterocycles. The zero-order valence-electron chi connectivity index (χ0n) is 16.8. The van der Waals surface area contributed by atoms with Gasteiger partial charge in [-0.15, -0.1) is 0 Å². The molecular weight excluding hydrogens is 362 g/mol. The van der Waals surface area contributed by atoms with Gasteiger partial charge in [-0.05, 0) is 29.5 Å². The summed E-state index contributed by atoms with van der Waals surface area (Å²) in [6.45, 7) is 4.24. The van der Waals surface area contributed by atoms with Crippen LogP contribution in [0.2, 0.25) is 0 Å². The van der Waals surface area contributed by atoms with Crippen LogP contribution in [0, 0.1) is 5.41 Å². The van der Waals surface area contributed by atoms with Crippen molar-refractivity contribution in [3.8, 4) is 5.75 Å². The van der Waals surface area contributed by atoms with Gasteiger partial charge in [0, 0.05) is 40.3 Å². The summed E-state index contributed by atoms with van der Waals surface area (Å²) < 4.78 is 5.30. The number of hydrogen-bond donors (Lipinski definition) is 1. The van der Waals surface area contributed by atoms with E-state index in [2.05, 4.69) is 19.2 Å². The van der Waals surface area contributed by atoms with Gasteiger partial charge >= 0.3 is 0 Å². The number of carbonyl (C=O) groups excluding carboxylic acids is 2. The van der Waals surface area contributed by atoms with Crippen LogP contribution in [-0.4, -0.2) is 18.7 Å². The maximum absolute atomic E-state index is 13.4. The molecule has 1 atom stereocenters. The average Bonchev–Trinajstić information content (AvgIpc) is 2.98. The SMILES string of the molecule is COc1ccc([C@@H]2C3=C(CC(C)(C)CC3=O)NC3=C2C(=O)c2ccccc23)cc1. The number of fused-ring (bicyclic) bond motifs is 2. The quantitative estimate of drug-likeness (QED) is 0.819. The minimum absolute atomic E-state index is 0.00750. The second-order valence-electron chi connectivity index (χ2n) is 8.83. The number of ketones is 2. The molecule has 0 saturated carbocycles. The van der Waals surface area contributed by atoms with Crippen LogP contribution < -0.4 is 10.1 Å². The molecule has 0 bridgehead atoms. The third-order valence-corrected chi connectivity index (χ3v) is 6.18. The summed E-state index contributed by atoms with van der Waals surface area (Å²) in [5.74, 6) is 0.534. The van der Waals surface area contributed by atoms with E-state index >= 15 is 0 Å². The maximum Gasteiger partial charge on any atom is 0.192 e. The van der Waals surface area contributed by atoms with Crippen LogP contribution in [0.4, 0.5) is 0 Å². The second-order valence-corrected chi connectivity index (χ2v) is 8.83.